The molecule has 0 radical (unpaired) electrons. The Morgan fingerprint density at radius 2 is 2.06 bits per heavy atom. The second kappa shape index (κ2) is 4.95. The SMILES string of the molecule is CCC(C)(C)C(N)Cc1ncnn1C(C)C. The molecule has 0 spiro atoms. The normalized spacial score (nSPS) is 14.4. The summed E-state index contributed by atoms with van der Waals surface area (Å²) in [6.45, 7) is 10.8. The number of aromatic nitrogens is 3. The predicted octanol–water partition coefficient (Wildman–Crippen LogP) is 2.17. The molecule has 1 atom stereocenters. The van der Waals surface area contributed by atoms with Gasteiger partial charge < -0.3 is 5.73 Å². The highest BCUT2D eigenvalue weighted by atomic mass is 15.3. The zero-order valence-electron chi connectivity index (χ0n) is 11.1. The Labute approximate surface area is 98.2 Å². The Balaban J connectivity index is 2.77. The molecular formula is C12H24N4. The van der Waals surface area contributed by atoms with Gasteiger partial charge in [0.15, 0.2) is 0 Å². The van der Waals surface area contributed by atoms with Crippen LogP contribution < -0.4 is 5.73 Å². The number of hydrogen-bond donors (Lipinski definition) is 1. The van der Waals surface area contributed by atoms with Crippen LogP contribution in [-0.4, -0.2) is 20.8 Å². The van der Waals surface area contributed by atoms with Crippen molar-refractivity contribution in [1.82, 2.24) is 14.8 Å². The molecule has 0 aliphatic heterocycles. The molecule has 0 saturated heterocycles. The largest absolute Gasteiger partial charge is 0.327 e. The van der Waals surface area contributed by atoms with E-state index in [2.05, 4.69) is 44.7 Å². The summed E-state index contributed by atoms with van der Waals surface area (Å²) in [5.74, 6) is 0.990. The maximum atomic E-state index is 6.24. The van der Waals surface area contributed by atoms with Crippen molar-refractivity contribution in [3.63, 3.8) is 0 Å². The summed E-state index contributed by atoms with van der Waals surface area (Å²) < 4.78 is 1.95. The third-order valence-corrected chi connectivity index (χ3v) is 3.45. The van der Waals surface area contributed by atoms with Crippen molar-refractivity contribution in [3.8, 4) is 0 Å². The molecule has 4 nitrogen and oxygen atoms in total. The van der Waals surface area contributed by atoms with Gasteiger partial charge in [0.05, 0.1) is 0 Å². The molecule has 1 aromatic heterocycles. The zero-order valence-corrected chi connectivity index (χ0v) is 11.1. The van der Waals surface area contributed by atoms with E-state index in [1.165, 1.54) is 0 Å². The van der Waals surface area contributed by atoms with Crippen LogP contribution in [0.15, 0.2) is 6.33 Å². The number of nitrogens with zero attached hydrogens (tertiary/aromatic N) is 3. The predicted molar refractivity (Wildman–Crippen MR) is 66.2 cm³/mol. The lowest BCUT2D eigenvalue weighted by atomic mass is 9.81. The molecule has 0 aliphatic carbocycles. The van der Waals surface area contributed by atoms with Crippen LogP contribution in [0.25, 0.3) is 0 Å². The first-order chi connectivity index (χ1) is 7.38. The van der Waals surface area contributed by atoms with Gasteiger partial charge >= 0.3 is 0 Å². The Morgan fingerprint density at radius 3 is 2.56 bits per heavy atom. The van der Waals surface area contributed by atoms with Crippen molar-refractivity contribution in [1.29, 1.82) is 0 Å². The van der Waals surface area contributed by atoms with Crippen molar-refractivity contribution in [3.05, 3.63) is 12.2 Å². The van der Waals surface area contributed by atoms with Crippen molar-refractivity contribution < 1.29 is 0 Å². The molecule has 0 aliphatic rings. The number of nitrogens with two attached hydrogens (primary N) is 1. The number of rotatable bonds is 5. The minimum absolute atomic E-state index is 0.124. The van der Waals surface area contributed by atoms with E-state index < -0.39 is 0 Å². The molecule has 0 bridgehead atoms. The van der Waals surface area contributed by atoms with E-state index in [4.69, 9.17) is 5.73 Å². The van der Waals surface area contributed by atoms with Crippen molar-refractivity contribution in [2.24, 2.45) is 11.1 Å². The van der Waals surface area contributed by atoms with Crippen molar-refractivity contribution >= 4 is 0 Å². The minimum Gasteiger partial charge on any atom is -0.327 e. The molecule has 0 saturated carbocycles. The average molecular weight is 224 g/mol. The lowest BCUT2D eigenvalue weighted by Gasteiger charge is -2.30. The smallest absolute Gasteiger partial charge is 0.138 e. The van der Waals surface area contributed by atoms with Gasteiger partial charge in [-0.25, -0.2) is 9.67 Å². The molecule has 1 heterocycles. The molecule has 0 fully saturated rings. The lowest BCUT2D eigenvalue weighted by molar-refractivity contribution is 0.266. The van der Waals surface area contributed by atoms with Gasteiger partial charge in [-0.3, -0.25) is 0 Å². The molecule has 0 amide bonds. The molecule has 16 heavy (non-hydrogen) atoms. The second-order valence-corrected chi connectivity index (χ2v) is 5.37. The fraction of sp³-hybridized carbons (Fsp3) is 0.833. The van der Waals surface area contributed by atoms with E-state index in [-0.39, 0.29) is 11.5 Å². The highest BCUT2D eigenvalue weighted by Gasteiger charge is 2.26. The first-order valence-corrected chi connectivity index (χ1v) is 6.02. The van der Waals surface area contributed by atoms with Crippen LogP contribution >= 0.6 is 0 Å². The molecule has 1 rings (SSSR count). The third kappa shape index (κ3) is 2.82. The van der Waals surface area contributed by atoms with Gasteiger partial charge in [0.2, 0.25) is 0 Å². The monoisotopic (exact) mass is 224 g/mol. The summed E-state index contributed by atoms with van der Waals surface area (Å²) in [6, 6.07) is 0.466. The van der Waals surface area contributed by atoms with Gasteiger partial charge in [0, 0.05) is 18.5 Å². The van der Waals surface area contributed by atoms with Crippen LogP contribution in [-0.2, 0) is 6.42 Å². The average Bonchev–Trinajstić information content (AvgIpc) is 2.65. The standard InChI is InChI=1S/C12H24N4/c1-6-12(4,5)10(13)7-11-14-8-15-16(11)9(2)3/h8-10H,6-7,13H2,1-5H3. The van der Waals surface area contributed by atoms with Gasteiger partial charge in [-0.05, 0) is 25.7 Å². The summed E-state index contributed by atoms with van der Waals surface area (Å²) in [5, 5.41) is 4.23. The highest BCUT2D eigenvalue weighted by molar-refractivity contribution is 4.94. The van der Waals surface area contributed by atoms with Crippen molar-refractivity contribution in [2.75, 3.05) is 0 Å². The molecular weight excluding hydrogens is 200 g/mol. The molecule has 2 N–H and O–H groups in total. The number of hydrogen-bond acceptors (Lipinski definition) is 3. The fourth-order valence-electron chi connectivity index (χ4n) is 1.59. The Morgan fingerprint density at radius 1 is 1.44 bits per heavy atom. The van der Waals surface area contributed by atoms with E-state index >= 15 is 0 Å². The summed E-state index contributed by atoms with van der Waals surface area (Å²) in [4.78, 5) is 4.30. The zero-order chi connectivity index (χ0) is 12.3. The Bertz CT molecular complexity index is 328. The molecule has 1 aromatic rings. The Hall–Kier alpha value is -0.900. The van der Waals surface area contributed by atoms with Crippen LogP contribution in [0.5, 0.6) is 0 Å². The minimum atomic E-state index is 0.124. The van der Waals surface area contributed by atoms with Crippen LogP contribution in [0.3, 0.4) is 0 Å². The quantitative estimate of drug-likeness (QED) is 0.834. The molecule has 92 valence electrons. The van der Waals surface area contributed by atoms with E-state index in [0.717, 1.165) is 18.7 Å². The summed E-state index contributed by atoms with van der Waals surface area (Å²) in [5.41, 5.74) is 6.39. The van der Waals surface area contributed by atoms with E-state index in [0.29, 0.717) is 6.04 Å². The molecule has 0 aromatic carbocycles. The van der Waals surface area contributed by atoms with Gasteiger partial charge in [-0.1, -0.05) is 20.8 Å². The first-order valence-electron chi connectivity index (χ1n) is 6.02. The van der Waals surface area contributed by atoms with Gasteiger partial charge in [-0.15, -0.1) is 0 Å². The molecule has 1 unspecified atom stereocenters. The fourth-order valence-corrected chi connectivity index (χ4v) is 1.59. The van der Waals surface area contributed by atoms with Crippen LogP contribution in [0.4, 0.5) is 0 Å². The van der Waals surface area contributed by atoms with Crippen LogP contribution in [0.1, 0.15) is 52.9 Å². The first kappa shape index (κ1) is 13.2. The molecule has 4 heteroatoms. The van der Waals surface area contributed by atoms with E-state index in [1.807, 2.05) is 4.68 Å². The van der Waals surface area contributed by atoms with Gasteiger partial charge in [0.1, 0.15) is 12.2 Å². The highest BCUT2D eigenvalue weighted by Crippen LogP contribution is 2.25. The maximum absolute atomic E-state index is 6.24. The van der Waals surface area contributed by atoms with Crippen LogP contribution in [0, 0.1) is 5.41 Å². The summed E-state index contributed by atoms with van der Waals surface area (Å²) >= 11 is 0. The summed E-state index contributed by atoms with van der Waals surface area (Å²) in [7, 11) is 0. The maximum Gasteiger partial charge on any atom is 0.138 e. The Kier molecular flexibility index (Phi) is 4.08. The van der Waals surface area contributed by atoms with Gasteiger partial charge in [-0.2, -0.15) is 5.10 Å². The second-order valence-electron chi connectivity index (χ2n) is 5.37. The van der Waals surface area contributed by atoms with Gasteiger partial charge in [0.25, 0.3) is 0 Å². The van der Waals surface area contributed by atoms with Crippen LogP contribution in [0.2, 0.25) is 0 Å². The summed E-state index contributed by atoms with van der Waals surface area (Å²) in [6.07, 6.45) is 3.48. The lowest BCUT2D eigenvalue weighted by Crippen LogP contribution is -2.39. The van der Waals surface area contributed by atoms with Crippen molar-refractivity contribution in [2.45, 2.75) is 59.5 Å². The topological polar surface area (TPSA) is 56.7 Å². The van der Waals surface area contributed by atoms with E-state index in [9.17, 15) is 0 Å². The van der Waals surface area contributed by atoms with E-state index in [1.54, 1.807) is 6.33 Å². The third-order valence-electron chi connectivity index (χ3n) is 3.45.